The largest absolute Gasteiger partial charge is 0.365 e. The second-order valence-electron chi connectivity index (χ2n) is 8.24. The predicted molar refractivity (Wildman–Crippen MR) is 112 cm³/mol. The fourth-order valence-electron chi connectivity index (χ4n) is 6.49. The molecule has 0 unspecified atom stereocenters. The Kier molecular flexibility index (Phi) is 2.95. The zero-order valence-electron chi connectivity index (χ0n) is 14.4. The lowest BCUT2D eigenvalue weighted by Crippen LogP contribution is -2.42. The van der Waals surface area contributed by atoms with Crippen LogP contribution in [0.3, 0.4) is 0 Å². The highest BCUT2D eigenvalue weighted by Gasteiger charge is 2.63. The molecule has 0 amide bonds. The maximum absolute atomic E-state index is 6.70. The van der Waals surface area contributed by atoms with Crippen molar-refractivity contribution in [1.82, 2.24) is 0 Å². The Morgan fingerprint density at radius 1 is 0.556 bits per heavy atom. The topological polar surface area (TPSA) is 9.23 Å². The first kappa shape index (κ1) is 15.5. The molecule has 3 aliphatic carbocycles. The van der Waals surface area contributed by atoms with E-state index in [4.69, 9.17) is 4.74 Å². The summed E-state index contributed by atoms with van der Waals surface area (Å²) in [5, 5.41) is 0. The molecule has 1 saturated heterocycles. The summed E-state index contributed by atoms with van der Waals surface area (Å²) >= 11 is 7.40. The van der Waals surface area contributed by atoms with Gasteiger partial charge in [0, 0.05) is 32.6 Å². The number of benzene rings is 3. The van der Waals surface area contributed by atoms with Crippen LogP contribution in [0.1, 0.15) is 57.4 Å². The monoisotopic (exact) mass is 478 g/mol. The summed E-state index contributed by atoms with van der Waals surface area (Å²) in [6, 6.07) is 22.8. The van der Waals surface area contributed by atoms with Gasteiger partial charge in [-0.15, -0.1) is 0 Å². The molecular formula is C24H16Br2O. The number of hydrogen-bond donors (Lipinski definition) is 0. The minimum Gasteiger partial charge on any atom is -0.365 e. The van der Waals surface area contributed by atoms with Crippen LogP contribution in [0, 0.1) is 11.8 Å². The molecule has 1 fully saturated rings. The fraction of sp³-hybridized carbons (Fsp3) is 0.250. The average Bonchev–Trinajstić information content (AvgIpc) is 3.26. The van der Waals surface area contributed by atoms with Gasteiger partial charge in [-0.2, -0.15) is 0 Å². The number of fused-ring (bicyclic) bond motifs is 5. The van der Waals surface area contributed by atoms with E-state index in [1.165, 1.54) is 33.4 Å². The molecule has 27 heavy (non-hydrogen) atoms. The molecule has 0 saturated carbocycles. The molecule has 0 radical (unpaired) electrons. The van der Waals surface area contributed by atoms with Crippen molar-refractivity contribution in [3.05, 3.63) is 103 Å². The molecule has 3 aromatic rings. The molecule has 2 aliphatic heterocycles. The zero-order chi connectivity index (χ0) is 17.9. The van der Waals surface area contributed by atoms with Crippen molar-refractivity contribution in [2.24, 2.45) is 11.8 Å². The van der Waals surface area contributed by atoms with E-state index in [2.05, 4.69) is 92.5 Å². The van der Waals surface area contributed by atoms with E-state index in [-0.39, 0.29) is 12.2 Å². The van der Waals surface area contributed by atoms with Gasteiger partial charge in [0.25, 0.3) is 0 Å². The first-order chi connectivity index (χ1) is 13.2. The molecule has 0 aromatic heterocycles. The second kappa shape index (κ2) is 5.14. The molecule has 4 bridgehead atoms. The van der Waals surface area contributed by atoms with Gasteiger partial charge in [-0.1, -0.05) is 48.5 Å². The SMILES string of the molecule is Brc1cc2c(cc1Br)[C@@H]1O[C@@H]2[C@@H]2C3c4ccccc4C(c4ccccc43)[C@@H]21. The highest BCUT2D eigenvalue weighted by molar-refractivity contribution is 9.13. The lowest BCUT2D eigenvalue weighted by molar-refractivity contribution is 0.0533. The van der Waals surface area contributed by atoms with Crippen LogP contribution >= 0.6 is 31.9 Å². The average molecular weight is 480 g/mol. The van der Waals surface area contributed by atoms with Gasteiger partial charge in [0.05, 0.1) is 12.2 Å². The van der Waals surface area contributed by atoms with Gasteiger partial charge >= 0.3 is 0 Å². The Hall–Kier alpha value is -1.42. The van der Waals surface area contributed by atoms with Crippen LogP contribution in [0.15, 0.2) is 69.6 Å². The third kappa shape index (κ3) is 1.75. The van der Waals surface area contributed by atoms with Crippen molar-refractivity contribution in [3.8, 4) is 0 Å². The van der Waals surface area contributed by atoms with Crippen molar-refractivity contribution < 1.29 is 4.74 Å². The van der Waals surface area contributed by atoms with Gasteiger partial charge < -0.3 is 4.74 Å². The van der Waals surface area contributed by atoms with Crippen LogP contribution in [-0.4, -0.2) is 0 Å². The predicted octanol–water partition coefficient (Wildman–Crippen LogP) is 6.86. The maximum Gasteiger partial charge on any atom is 0.0878 e. The van der Waals surface area contributed by atoms with E-state index in [0.29, 0.717) is 23.7 Å². The smallest absolute Gasteiger partial charge is 0.0878 e. The molecule has 1 nitrogen and oxygen atoms in total. The summed E-state index contributed by atoms with van der Waals surface area (Å²) < 4.78 is 8.94. The molecule has 0 spiro atoms. The number of hydrogen-bond acceptors (Lipinski definition) is 1. The second-order valence-corrected chi connectivity index (χ2v) is 9.95. The van der Waals surface area contributed by atoms with E-state index in [1.807, 2.05) is 0 Å². The van der Waals surface area contributed by atoms with Crippen LogP contribution in [0.4, 0.5) is 0 Å². The number of rotatable bonds is 0. The third-order valence-corrected chi connectivity index (χ3v) is 9.12. The van der Waals surface area contributed by atoms with E-state index in [9.17, 15) is 0 Å². The standard InChI is InChI=1S/C24H16Br2O/c25-17-9-15-16(10-18(17)26)24-22-20-12-6-2-1-5-11(12)19(21(22)23(15)27-24)13-7-3-4-8-14(13)20/h1-10,19-24H/t19?,20?,21-,22+,23-,24-/m0/s1. The van der Waals surface area contributed by atoms with Gasteiger partial charge in [-0.25, -0.2) is 0 Å². The molecule has 5 aliphatic rings. The lowest BCUT2D eigenvalue weighted by atomic mass is 9.50. The number of ether oxygens (including phenoxy) is 1. The molecule has 3 heteroatoms. The number of halogens is 2. The Labute approximate surface area is 175 Å². The summed E-state index contributed by atoms with van der Waals surface area (Å²) in [6.45, 7) is 0. The first-order valence-corrected chi connectivity index (χ1v) is 11.1. The van der Waals surface area contributed by atoms with Crippen molar-refractivity contribution in [2.45, 2.75) is 24.0 Å². The van der Waals surface area contributed by atoms with E-state index in [0.717, 1.165) is 8.95 Å². The molecule has 2 heterocycles. The molecule has 3 aromatic carbocycles. The highest BCUT2D eigenvalue weighted by Crippen LogP contribution is 2.72. The molecule has 132 valence electrons. The fourth-order valence-corrected chi connectivity index (χ4v) is 7.21. The van der Waals surface area contributed by atoms with E-state index in [1.54, 1.807) is 0 Å². The highest BCUT2D eigenvalue weighted by atomic mass is 79.9. The molecule has 4 atom stereocenters. The van der Waals surface area contributed by atoms with Crippen LogP contribution in [-0.2, 0) is 4.74 Å². The van der Waals surface area contributed by atoms with Crippen molar-refractivity contribution in [2.75, 3.05) is 0 Å². The maximum atomic E-state index is 6.70. The summed E-state index contributed by atoms with van der Waals surface area (Å²) in [5.74, 6) is 1.95. The van der Waals surface area contributed by atoms with E-state index >= 15 is 0 Å². The molecule has 0 N–H and O–H groups in total. The minimum absolute atomic E-state index is 0.202. The van der Waals surface area contributed by atoms with Crippen molar-refractivity contribution in [3.63, 3.8) is 0 Å². The van der Waals surface area contributed by atoms with Gasteiger partial charge in [-0.3, -0.25) is 0 Å². The summed E-state index contributed by atoms with van der Waals surface area (Å²) in [4.78, 5) is 0. The Balaban J connectivity index is 1.51. The van der Waals surface area contributed by atoms with Gasteiger partial charge in [-0.05, 0) is 77.4 Å². The summed E-state index contributed by atoms with van der Waals surface area (Å²) in [5.41, 5.74) is 8.87. The summed E-state index contributed by atoms with van der Waals surface area (Å²) in [7, 11) is 0. The van der Waals surface area contributed by atoms with Gasteiger partial charge in [0.15, 0.2) is 0 Å². The summed E-state index contributed by atoms with van der Waals surface area (Å²) in [6.07, 6.45) is 0.405. The Bertz CT molecular complexity index is 1000. The lowest BCUT2D eigenvalue weighted by Gasteiger charge is -2.51. The minimum atomic E-state index is 0.202. The normalized spacial score (nSPS) is 33.4. The van der Waals surface area contributed by atoms with Crippen LogP contribution < -0.4 is 0 Å². The van der Waals surface area contributed by atoms with Crippen LogP contribution in [0.5, 0.6) is 0 Å². The van der Waals surface area contributed by atoms with Crippen molar-refractivity contribution >= 4 is 31.9 Å². The van der Waals surface area contributed by atoms with Crippen molar-refractivity contribution in [1.29, 1.82) is 0 Å². The molecular weight excluding hydrogens is 464 g/mol. The van der Waals surface area contributed by atoms with Gasteiger partial charge in [0.1, 0.15) is 0 Å². The van der Waals surface area contributed by atoms with E-state index < -0.39 is 0 Å². The third-order valence-electron chi connectivity index (χ3n) is 7.28. The molecule has 8 rings (SSSR count). The van der Waals surface area contributed by atoms with Crippen LogP contribution in [0.25, 0.3) is 0 Å². The quantitative estimate of drug-likeness (QED) is 0.342. The van der Waals surface area contributed by atoms with Crippen LogP contribution in [0.2, 0.25) is 0 Å². The Morgan fingerprint density at radius 3 is 1.30 bits per heavy atom. The van der Waals surface area contributed by atoms with Gasteiger partial charge in [0.2, 0.25) is 0 Å². The Morgan fingerprint density at radius 2 is 0.926 bits per heavy atom. The first-order valence-electron chi connectivity index (χ1n) is 9.56. The zero-order valence-corrected chi connectivity index (χ0v) is 17.6.